The third-order valence-electron chi connectivity index (χ3n) is 4.93. The smallest absolute Gasteiger partial charge is 0.227 e. The number of benzene rings is 2. The minimum Gasteiger partial charge on any atom is -0.492 e. The van der Waals surface area contributed by atoms with Gasteiger partial charge in [-0.25, -0.2) is 12.7 Å². The van der Waals surface area contributed by atoms with Gasteiger partial charge in [-0.1, -0.05) is 35.9 Å². The Labute approximate surface area is 176 Å². The Morgan fingerprint density at radius 2 is 1.79 bits per heavy atom. The first-order valence-electron chi connectivity index (χ1n) is 9.64. The highest BCUT2D eigenvalue weighted by atomic mass is 35.5. The molecule has 0 aromatic heterocycles. The molecular formula is C21H25ClN2O4S. The fraction of sp³-hybridized carbons (Fsp3) is 0.381. The summed E-state index contributed by atoms with van der Waals surface area (Å²) in [4.78, 5) is 12.7. The van der Waals surface area contributed by atoms with Gasteiger partial charge < -0.3 is 10.1 Å². The molecule has 0 unspecified atom stereocenters. The highest BCUT2D eigenvalue weighted by molar-refractivity contribution is 7.88. The first kappa shape index (κ1) is 21.6. The van der Waals surface area contributed by atoms with E-state index in [9.17, 15) is 13.2 Å². The molecule has 1 N–H and O–H groups in total. The molecule has 8 heteroatoms. The largest absolute Gasteiger partial charge is 0.492 e. The topological polar surface area (TPSA) is 75.7 Å². The summed E-state index contributed by atoms with van der Waals surface area (Å²) in [6.07, 6.45) is 0.977. The predicted molar refractivity (Wildman–Crippen MR) is 115 cm³/mol. The molecule has 0 atom stereocenters. The monoisotopic (exact) mass is 436 g/mol. The number of hydrogen-bond donors (Lipinski definition) is 1. The number of nitrogens with one attached hydrogen (secondary N) is 1. The van der Waals surface area contributed by atoms with Gasteiger partial charge in [-0.15, -0.1) is 0 Å². The number of anilines is 1. The molecule has 0 saturated carbocycles. The Balaban J connectivity index is 1.57. The van der Waals surface area contributed by atoms with Gasteiger partial charge in [-0.3, -0.25) is 4.79 Å². The fourth-order valence-corrected chi connectivity index (χ4v) is 5.05. The second kappa shape index (κ2) is 9.61. The molecule has 1 amide bonds. The number of carbonyl (C=O) groups is 1. The predicted octanol–water partition coefficient (Wildman–Crippen LogP) is 3.92. The second-order valence-corrected chi connectivity index (χ2v) is 9.38. The Morgan fingerprint density at radius 1 is 1.14 bits per heavy atom. The van der Waals surface area contributed by atoms with Crippen LogP contribution in [-0.4, -0.2) is 38.3 Å². The van der Waals surface area contributed by atoms with E-state index in [0.29, 0.717) is 54.6 Å². The van der Waals surface area contributed by atoms with Crippen LogP contribution in [0.1, 0.15) is 25.3 Å². The van der Waals surface area contributed by atoms with Crippen LogP contribution in [0.4, 0.5) is 5.69 Å². The van der Waals surface area contributed by atoms with E-state index in [4.69, 9.17) is 16.3 Å². The molecule has 156 valence electrons. The number of ether oxygens (including phenoxy) is 1. The van der Waals surface area contributed by atoms with Gasteiger partial charge in [0.05, 0.1) is 18.0 Å². The van der Waals surface area contributed by atoms with Crippen molar-refractivity contribution in [3.8, 4) is 5.75 Å². The molecule has 0 aliphatic carbocycles. The SMILES string of the molecule is CCOc1ccccc1NC(=O)C1CCN(S(=O)(=O)Cc2ccc(Cl)cc2)CC1. The maximum Gasteiger partial charge on any atom is 0.227 e. The third kappa shape index (κ3) is 5.72. The molecule has 1 aliphatic rings. The van der Waals surface area contributed by atoms with Crippen molar-refractivity contribution >= 4 is 33.2 Å². The van der Waals surface area contributed by atoms with E-state index >= 15 is 0 Å². The van der Waals surface area contributed by atoms with Crippen LogP contribution in [-0.2, 0) is 20.6 Å². The van der Waals surface area contributed by atoms with Crippen LogP contribution in [0.15, 0.2) is 48.5 Å². The van der Waals surface area contributed by atoms with Crippen LogP contribution in [0.3, 0.4) is 0 Å². The Bertz CT molecular complexity index is 939. The first-order valence-corrected chi connectivity index (χ1v) is 11.6. The zero-order chi connectivity index (χ0) is 20.9. The fourth-order valence-electron chi connectivity index (χ4n) is 3.36. The molecule has 3 rings (SSSR count). The summed E-state index contributed by atoms with van der Waals surface area (Å²) in [5.74, 6) is 0.229. The van der Waals surface area contributed by atoms with E-state index in [0.717, 1.165) is 0 Å². The van der Waals surface area contributed by atoms with Crippen LogP contribution >= 0.6 is 11.6 Å². The van der Waals surface area contributed by atoms with E-state index in [1.807, 2.05) is 25.1 Å². The molecule has 2 aromatic carbocycles. The molecule has 6 nitrogen and oxygen atoms in total. The van der Waals surface area contributed by atoms with Gasteiger partial charge in [0.1, 0.15) is 5.75 Å². The van der Waals surface area contributed by atoms with Crippen LogP contribution in [0, 0.1) is 5.92 Å². The Kier molecular flexibility index (Phi) is 7.16. The number of rotatable bonds is 7. The summed E-state index contributed by atoms with van der Waals surface area (Å²) in [5.41, 5.74) is 1.33. The van der Waals surface area contributed by atoms with Crippen molar-refractivity contribution in [1.82, 2.24) is 4.31 Å². The van der Waals surface area contributed by atoms with Crippen molar-refractivity contribution in [2.24, 2.45) is 5.92 Å². The quantitative estimate of drug-likeness (QED) is 0.713. The molecular weight excluding hydrogens is 412 g/mol. The standard InChI is InChI=1S/C21H25ClN2O4S/c1-2-28-20-6-4-3-5-19(20)23-21(25)17-11-13-24(14-12-17)29(26,27)15-16-7-9-18(22)10-8-16/h3-10,17H,2,11-15H2,1H3,(H,23,25). The minimum atomic E-state index is -3.43. The van der Waals surface area contributed by atoms with Crippen LogP contribution in [0.25, 0.3) is 0 Å². The van der Waals surface area contributed by atoms with Crippen molar-refractivity contribution < 1.29 is 17.9 Å². The Hall–Kier alpha value is -2.09. The molecule has 2 aromatic rings. The van der Waals surface area contributed by atoms with Crippen LogP contribution in [0.5, 0.6) is 5.75 Å². The number of sulfonamides is 1. The van der Waals surface area contributed by atoms with Gasteiger partial charge in [0.2, 0.25) is 15.9 Å². The minimum absolute atomic E-state index is 0.0667. The number of halogens is 1. The molecule has 1 saturated heterocycles. The lowest BCUT2D eigenvalue weighted by Crippen LogP contribution is -2.41. The van der Waals surface area contributed by atoms with Crippen LogP contribution in [0.2, 0.25) is 5.02 Å². The molecule has 0 bridgehead atoms. The van der Waals surface area contributed by atoms with E-state index in [1.165, 1.54) is 4.31 Å². The van der Waals surface area contributed by atoms with Gasteiger partial charge in [-0.05, 0) is 49.6 Å². The number of piperidine rings is 1. The maximum atomic E-state index is 12.7. The lowest BCUT2D eigenvalue weighted by atomic mass is 9.97. The summed E-state index contributed by atoms with van der Waals surface area (Å²) in [6, 6.07) is 14.1. The number of carbonyl (C=O) groups excluding carboxylic acids is 1. The summed E-state index contributed by atoms with van der Waals surface area (Å²) in [5, 5.41) is 3.49. The number of amides is 1. The van der Waals surface area contributed by atoms with E-state index in [2.05, 4.69) is 5.32 Å². The van der Waals surface area contributed by atoms with Gasteiger partial charge in [0, 0.05) is 24.0 Å². The maximum absolute atomic E-state index is 12.7. The number of hydrogen-bond acceptors (Lipinski definition) is 4. The van der Waals surface area contributed by atoms with Crippen molar-refractivity contribution in [1.29, 1.82) is 0 Å². The van der Waals surface area contributed by atoms with E-state index < -0.39 is 10.0 Å². The molecule has 1 fully saturated rings. The van der Waals surface area contributed by atoms with Gasteiger partial charge >= 0.3 is 0 Å². The summed E-state index contributed by atoms with van der Waals surface area (Å²) in [7, 11) is -3.43. The van der Waals surface area contributed by atoms with Gasteiger partial charge in [0.25, 0.3) is 0 Å². The summed E-state index contributed by atoms with van der Waals surface area (Å²) in [6.45, 7) is 3.07. The highest BCUT2D eigenvalue weighted by Crippen LogP contribution is 2.27. The lowest BCUT2D eigenvalue weighted by Gasteiger charge is -2.30. The average molecular weight is 437 g/mol. The normalized spacial score (nSPS) is 15.8. The highest BCUT2D eigenvalue weighted by Gasteiger charge is 2.31. The second-order valence-electron chi connectivity index (χ2n) is 6.97. The van der Waals surface area contributed by atoms with Crippen LogP contribution < -0.4 is 10.1 Å². The van der Waals surface area contributed by atoms with Crippen molar-refractivity contribution in [3.05, 3.63) is 59.1 Å². The van der Waals surface area contributed by atoms with Crippen molar-refractivity contribution in [2.45, 2.75) is 25.5 Å². The summed E-state index contributed by atoms with van der Waals surface area (Å²) >= 11 is 5.86. The molecule has 1 aliphatic heterocycles. The van der Waals surface area contributed by atoms with Crippen molar-refractivity contribution in [2.75, 3.05) is 25.0 Å². The molecule has 0 spiro atoms. The third-order valence-corrected chi connectivity index (χ3v) is 7.03. The summed E-state index contributed by atoms with van der Waals surface area (Å²) < 4.78 is 32.4. The van der Waals surface area contributed by atoms with Gasteiger partial charge in [-0.2, -0.15) is 0 Å². The van der Waals surface area contributed by atoms with E-state index in [-0.39, 0.29) is 17.6 Å². The number of para-hydroxylation sites is 2. The number of nitrogens with zero attached hydrogens (tertiary/aromatic N) is 1. The van der Waals surface area contributed by atoms with Gasteiger partial charge in [0.15, 0.2) is 0 Å². The lowest BCUT2D eigenvalue weighted by molar-refractivity contribution is -0.120. The zero-order valence-corrected chi connectivity index (χ0v) is 17.9. The van der Waals surface area contributed by atoms with E-state index in [1.54, 1.807) is 30.3 Å². The average Bonchev–Trinajstić information content (AvgIpc) is 2.71. The zero-order valence-electron chi connectivity index (χ0n) is 16.3. The molecule has 29 heavy (non-hydrogen) atoms. The first-order chi connectivity index (χ1) is 13.9. The van der Waals surface area contributed by atoms with Crippen molar-refractivity contribution in [3.63, 3.8) is 0 Å². The Morgan fingerprint density at radius 3 is 2.45 bits per heavy atom. The molecule has 1 heterocycles. The molecule has 0 radical (unpaired) electrons.